The van der Waals surface area contributed by atoms with Gasteiger partial charge < -0.3 is 10.5 Å². The molecule has 2 aromatic rings. The van der Waals surface area contributed by atoms with Crippen molar-refractivity contribution in [1.82, 2.24) is 0 Å². The molecule has 2 aromatic carbocycles. The third-order valence-electron chi connectivity index (χ3n) is 2.76. The Morgan fingerprint density at radius 3 is 2.19 bits per heavy atom. The lowest BCUT2D eigenvalue weighted by molar-refractivity contribution is -0.132. The van der Waals surface area contributed by atoms with Gasteiger partial charge in [0.1, 0.15) is 0 Å². The molecule has 0 amide bonds. The van der Waals surface area contributed by atoms with Crippen LogP contribution >= 0.6 is 43.5 Å². The second kappa shape index (κ2) is 7.40. The van der Waals surface area contributed by atoms with Gasteiger partial charge >= 0.3 is 5.97 Å². The molecule has 2 N–H and O–H groups in total. The number of nitrogens with two attached hydrogens (primary N) is 1. The molecule has 0 aliphatic carbocycles. The maximum Gasteiger partial charge on any atom is 0.325 e. The monoisotopic (exact) mass is 431 g/mol. The zero-order valence-corrected chi connectivity index (χ0v) is 14.8. The Kier molecular flexibility index (Phi) is 5.81. The van der Waals surface area contributed by atoms with Crippen molar-refractivity contribution in [2.24, 2.45) is 5.73 Å². The second-order valence-electron chi connectivity index (χ2n) is 4.37. The summed E-state index contributed by atoms with van der Waals surface area (Å²) in [5, 5.41) is 0.713. The van der Waals surface area contributed by atoms with Crippen LogP contribution in [0.25, 0.3) is 0 Å². The Bertz CT molecular complexity index is 636. The molecule has 2 rings (SSSR count). The van der Waals surface area contributed by atoms with Gasteiger partial charge in [0.2, 0.25) is 0 Å². The average Bonchev–Trinajstić information content (AvgIpc) is 2.45. The molecule has 0 aliphatic heterocycles. The maximum absolute atomic E-state index is 11.3. The Hall–Kier alpha value is -0.880. The minimum atomic E-state index is -0.484. The van der Waals surface area contributed by atoms with E-state index in [0.717, 1.165) is 17.5 Å². The van der Waals surface area contributed by atoms with Crippen molar-refractivity contribution in [3.8, 4) is 5.75 Å². The average molecular weight is 434 g/mol. The molecule has 0 saturated carbocycles. The molecule has 0 spiro atoms. The molecule has 0 radical (unpaired) electrons. The molecule has 0 atom stereocenters. The van der Waals surface area contributed by atoms with Crippen LogP contribution in [0.3, 0.4) is 0 Å². The third-order valence-corrected chi connectivity index (χ3v) is 4.19. The highest BCUT2D eigenvalue weighted by Gasteiger charge is 2.12. The van der Waals surface area contributed by atoms with Crippen LogP contribution < -0.4 is 10.5 Å². The fourth-order valence-corrected chi connectivity index (χ4v) is 3.37. The van der Waals surface area contributed by atoms with Gasteiger partial charge in [-0.1, -0.05) is 23.7 Å². The van der Waals surface area contributed by atoms with E-state index in [0.29, 0.717) is 19.7 Å². The number of ether oxygens (including phenoxy) is 1. The molecule has 0 bridgehead atoms. The predicted octanol–water partition coefficient (Wildman–Crippen LogP) is 4.32. The number of halogens is 3. The highest BCUT2D eigenvalue weighted by atomic mass is 79.9. The summed E-state index contributed by atoms with van der Waals surface area (Å²) >= 11 is 12.7. The van der Waals surface area contributed by atoms with Crippen molar-refractivity contribution in [3.63, 3.8) is 0 Å². The molecule has 0 fully saturated rings. The van der Waals surface area contributed by atoms with Crippen molar-refractivity contribution < 1.29 is 9.53 Å². The van der Waals surface area contributed by atoms with Crippen LogP contribution in [0.1, 0.15) is 11.1 Å². The number of carbonyl (C=O) groups excluding carboxylic acids is 1. The molecule has 0 aromatic heterocycles. The number of benzene rings is 2. The summed E-state index contributed by atoms with van der Waals surface area (Å²) < 4.78 is 6.56. The highest BCUT2D eigenvalue weighted by molar-refractivity contribution is 9.11. The summed E-state index contributed by atoms with van der Waals surface area (Å²) in [5.41, 5.74) is 7.46. The minimum absolute atomic E-state index is 0.161. The Morgan fingerprint density at radius 2 is 1.67 bits per heavy atom. The largest absolute Gasteiger partial charge is 0.423 e. The van der Waals surface area contributed by atoms with E-state index in [-0.39, 0.29) is 6.54 Å². The standard InChI is InChI=1S/C15H12Br2ClNO2/c16-12-6-10(5-9-1-3-11(18)4-2-9)7-13(17)15(12)21-14(20)8-19/h1-4,6-7H,5,8,19H2. The zero-order valence-electron chi connectivity index (χ0n) is 10.9. The summed E-state index contributed by atoms with van der Waals surface area (Å²) in [7, 11) is 0. The van der Waals surface area contributed by atoms with Crippen LogP contribution in [-0.4, -0.2) is 12.5 Å². The van der Waals surface area contributed by atoms with Crippen LogP contribution in [-0.2, 0) is 11.2 Å². The first-order valence-corrected chi connectivity index (χ1v) is 8.09. The van der Waals surface area contributed by atoms with E-state index in [2.05, 4.69) is 31.9 Å². The van der Waals surface area contributed by atoms with E-state index < -0.39 is 5.97 Å². The van der Waals surface area contributed by atoms with Crippen molar-refractivity contribution in [2.75, 3.05) is 6.54 Å². The van der Waals surface area contributed by atoms with Crippen LogP contribution in [0.15, 0.2) is 45.3 Å². The van der Waals surface area contributed by atoms with Crippen molar-refractivity contribution in [3.05, 3.63) is 61.5 Å². The molecule has 0 unspecified atom stereocenters. The molecule has 0 aliphatic rings. The third kappa shape index (κ3) is 4.54. The smallest absolute Gasteiger partial charge is 0.325 e. The SMILES string of the molecule is NCC(=O)Oc1c(Br)cc(Cc2ccc(Cl)cc2)cc1Br. The van der Waals surface area contributed by atoms with Gasteiger partial charge in [-0.05, 0) is 73.7 Å². The predicted molar refractivity (Wildman–Crippen MR) is 90.8 cm³/mol. The zero-order chi connectivity index (χ0) is 15.4. The van der Waals surface area contributed by atoms with Crippen molar-refractivity contribution in [2.45, 2.75) is 6.42 Å². The molecule has 0 saturated heterocycles. The molecule has 0 heterocycles. The lowest BCUT2D eigenvalue weighted by Gasteiger charge is -2.10. The maximum atomic E-state index is 11.3. The van der Waals surface area contributed by atoms with Crippen LogP contribution in [0, 0.1) is 0 Å². The van der Waals surface area contributed by atoms with Crippen LogP contribution in [0.5, 0.6) is 5.75 Å². The fourth-order valence-electron chi connectivity index (χ4n) is 1.81. The van der Waals surface area contributed by atoms with Gasteiger partial charge in [-0.2, -0.15) is 0 Å². The van der Waals surface area contributed by atoms with E-state index >= 15 is 0 Å². The van der Waals surface area contributed by atoms with E-state index in [1.807, 2.05) is 36.4 Å². The van der Waals surface area contributed by atoms with Crippen LogP contribution in [0.4, 0.5) is 0 Å². The summed E-state index contributed by atoms with van der Waals surface area (Å²) in [4.78, 5) is 11.3. The lowest BCUT2D eigenvalue weighted by atomic mass is 10.1. The van der Waals surface area contributed by atoms with Gasteiger partial charge in [-0.15, -0.1) is 0 Å². The Morgan fingerprint density at radius 1 is 1.10 bits per heavy atom. The van der Waals surface area contributed by atoms with Crippen molar-refractivity contribution in [1.29, 1.82) is 0 Å². The lowest BCUT2D eigenvalue weighted by Crippen LogP contribution is -2.19. The topological polar surface area (TPSA) is 52.3 Å². The minimum Gasteiger partial charge on any atom is -0.423 e. The molecule has 110 valence electrons. The van der Waals surface area contributed by atoms with E-state index in [1.165, 1.54) is 0 Å². The second-order valence-corrected chi connectivity index (χ2v) is 6.52. The number of carbonyl (C=O) groups is 1. The Balaban J connectivity index is 2.23. The number of rotatable bonds is 4. The normalized spacial score (nSPS) is 10.5. The van der Waals surface area contributed by atoms with Gasteiger partial charge in [0.25, 0.3) is 0 Å². The summed E-state index contributed by atoms with van der Waals surface area (Å²) in [6.07, 6.45) is 0.749. The van der Waals surface area contributed by atoms with Gasteiger partial charge in [0.05, 0.1) is 15.5 Å². The molecule has 3 nitrogen and oxygen atoms in total. The first-order chi connectivity index (χ1) is 9.99. The molecular formula is C15H12Br2ClNO2. The van der Waals surface area contributed by atoms with E-state index in [4.69, 9.17) is 22.1 Å². The first-order valence-electron chi connectivity index (χ1n) is 6.12. The Labute approximate surface area is 144 Å². The molecular weight excluding hydrogens is 421 g/mol. The van der Waals surface area contributed by atoms with Gasteiger partial charge in [-0.3, -0.25) is 4.79 Å². The van der Waals surface area contributed by atoms with E-state index in [1.54, 1.807) is 0 Å². The number of hydrogen-bond donors (Lipinski definition) is 1. The molecule has 21 heavy (non-hydrogen) atoms. The first kappa shape index (κ1) is 16.5. The summed E-state index contributed by atoms with van der Waals surface area (Å²) in [6.45, 7) is -0.161. The van der Waals surface area contributed by atoms with E-state index in [9.17, 15) is 4.79 Å². The number of esters is 1. The van der Waals surface area contributed by atoms with Crippen LogP contribution in [0.2, 0.25) is 5.02 Å². The number of hydrogen-bond acceptors (Lipinski definition) is 3. The van der Waals surface area contributed by atoms with Gasteiger partial charge in [-0.25, -0.2) is 0 Å². The fraction of sp³-hybridized carbons (Fsp3) is 0.133. The van der Waals surface area contributed by atoms with Gasteiger partial charge in [0, 0.05) is 5.02 Å². The summed E-state index contributed by atoms with van der Waals surface area (Å²) in [5.74, 6) is -0.0489. The summed E-state index contributed by atoms with van der Waals surface area (Å²) in [6, 6.07) is 11.5. The van der Waals surface area contributed by atoms with Crippen molar-refractivity contribution >= 4 is 49.4 Å². The molecule has 6 heteroatoms. The van der Waals surface area contributed by atoms with Gasteiger partial charge in [0.15, 0.2) is 5.75 Å². The highest BCUT2D eigenvalue weighted by Crippen LogP contribution is 2.35. The quantitative estimate of drug-likeness (QED) is 0.577.